The quantitative estimate of drug-likeness (QED) is 0.783. The van der Waals surface area contributed by atoms with Gasteiger partial charge in [0.25, 0.3) is 0 Å². The molecule has 5 nitrogen and oxygen atoms in total. The number of carbonyl (C=O) groups excluding carboxylic acids is 1. The summed E-state index contributed by atoms with van der Waals surface area (Å²) >= 11 is 5.94. The molecule has 1 amide bonds. The lowest BCUT2D eigenvalue weighted by Crippen LogP contribution is -2.37. The van der Waals surface area contributed by atoms with E-state index in [2.05, 4.69) is 4.72 Å². The summed E-state index contributed by atoms with van der Waals surface area (Å²) in [7, 11) is -3.65. The Bertz CT molecular complexity index is 897. The van der Waals surface area contributed by atoms with E-state index in [0.29, 0.717) is 17.1 Å². The zero-order valence-electron chi connectivity index (χ0n) is 15.1. The average molecular weight is 395 g/mol. The van der Waals surface area contributed by atoms with Gasteiger partial charge in [-0.1, -0.05) is 35.9 Å². The van der Waals surface area contributed by atoms with Crippen LogP contribution in [0.4, 0.5) is 0 Å². The van der Waals surface area contributed by atoms with Crippen molar-refractivity contribution in [1.29, 1.82) is 0 Å². The average Bonchev–Trinajstić information content (AvgIpc) is 2.57. The highest BCUT2D eigenvalue weighted by Crippen LogP contribution is 2.19. The molecule has 0 aromatic heterocycles. The van der Waals surface area contributed by atoms with Gasteiger partial charge in [-0.05, 0) is 48.7 Å². The molecule has 2 aromatic carbocycles. The van der Waals surface area contributed by atoms with Crippen LogP contribution in [0.5, 0.6) is 0 Å². The Morgan fingerprint density at radius 1 is 1.12 bits per heavy atom. The van der Waals surface area contributed by atoms with E-state index in [9.17, 15) is 13.2 Å². The smallest absolute Gasteiger partial charge is 0.240 e. The predicted octanol–water partition coefficient (Wildman–Crippen LogP) is 3.28. The Balaban J connectivity index is 2.02. The standard InChI is InChI=1S/C19H23ClN2O3S/c1-14-6-4-5-7-17(14)13-22(16(3)23)11-10-21-26(24,25)18-8-9-19(20)15(2)12-18/h4-9,12,21H,10-11,13H2,1-3H3. The number of rotatable bonds is 7. The number of benzene rings is 2. The van der Waals surface area contributed by atoms with Gasteiger partial charge in [-0.15, -0.1) is 0 Å². The summed E-state index contributed by atoms with van der Waals surface area (Å²) < 4.78 is 27.3. The van der Waals surface area contributed by atoms with Crippen LogP contribution in [0.15, 0.2) is 47.4 Å². The molecule has 0 unspecified atom stereocenters. The molecule has 0 radical (unpaired) electrons. The Morgan fingerprint density at radius 3 is 2.42 bits per heavy atom. The summed E-state index contributed by atoms with van der Waals surface area (Å²) in [5, 5.41) is 0.518. The number of aryl methyl sites for hydroxylation is 2. The highest BCUT2D eigenvalue weighted by Gasteiger charge is 2.16. The second-order valence-corrected chi connectivity index (χ2v) is 8.35. The molecule has 2 aromatic rings. The predicted molar refractivity (Wildman–Crippen MR) is 104 cm³/mol. The van der Waals surface area contributed by atoms with Gasteiger partial charge in [-0.2, -0.15) is 0 Å². The zero-order chi connectivity index (χ0) is 19.3. The van der Waals surface area contributed by atoms with Crippen molar-refractivity contribution >= 4 is 27.5 Å². The topological polar surface area (TPSA) is 66.5 Å². The molecule has 0 aliphatic carbocycles. The fraction of sp³-hybridized carbons (Fsp3) is 0.316. The van der Waals surface area contributed by atoms with Crippen molar-refractivity contribution in [1.82, 2.24) is 9.62 Å². The highest BCUT2D eigenvalue weighted by molar-refractivity contribution is 7.89. The van der Waals surface area contributed by atoms with Crippen LogP contribution in [-0.2, 0) is 21.4 Å². The van der Waals surface area contributed by atoms with Crippen molar-refractivity contribution < 1.29 is 13.2 Å². The molecular weight excluding hydrogens is 372 g/mol. The van der Waals surface area contributed by atoms with Gasteiger partial charge in [0.15, 0.2) is 0 Å². The number of nitrogens with zero attached hydrogens (tertiary/aromatic N) is 1. The summed E-state index contributed by atoms with van der Waals surface area (Å²) in [5.74, 6) is -0.102. The Hall–Kier alpha value is -1.89. The number of sulfonamides is 1. The van der Waals surface area contributed by atoms with Crippen LogP contribution in [-0.4, -0.2) is 32.3 Å². The molecule has 0 saturated carbocycles. The minimum absolute atomic E-state index is 0.102. The second-order valence-electron chi connectivity index (χ2n) is 6.18. The van der Waals surface area contributed by atoms with Crippen molar-refractivity contribution in [2.24, 2.45) is 0 Å². The lowest BCUT2D eigenvalue weighted by Gasteiger charge is -2.22. The molecule has 0 aliphatic heterocycles. The third kappa shape index (κ3) is 5.30. The van der Waals surface area contributed by atoms with E-state index in [4.69, 9.17) is 11.6 Å². The molecule has 0 atom stereocenters. The molecule has 7 heteroatoms. The molecule has 0 saturated heterocycles. The van der Waals surface area contributed by atoms with E-state index < -0.39 is 10.0 Å². The van der Waals surface area contributed by atoms with Gasteiger partial charge in [0.1, 0.15) is 0 Å². The van der Waals surface area contributed by atoms with E-state index in [1.807, 2.05) is 31.2 Å². The number of hydrogen-bond acceptors (Lipinski definition) is 3. The summed E-state index contributed by atoms with van der Waals surface area (Å²) in [5.41, 5.74) is 2.83. The van der Waals surface area contributed by atoms with E-state index in [0.717, 1.165) is 11.1 Å². The molecule has 26 heavy (non-hydrogen) atoms. The first-order valence-electron chi connectivity index (χ1n) is 8.26. The minimum atomic E-state index is -3.65. The van der Waals surface area contributed by atoms with Gasteiger partial charge >= 0.3 is 0 Å². The fourth-order valence-electron chi connectivity index (χ4n) is 2.52. The SMILES string of the molecule is CC(=O)N(CCNS(=O)(=O)c1ccc(Cl)c(C)c1)Cc1ccccc1C. The maximum absolute atomic E-state index is 12.4. The van der Waals surface area contributed by atoms with Gasteiger partial charge in [-0.25, -0.2) is 13.1 Å². The van der Waals surface area contributed by atoms with Crippen molar-refractivity contribution in [3.63, 3.8) is 0 Å². The third-order valence-electron chi connectivity index (χ3n) is 4.18. The van der Waals surface area contributed by atoms with E-state index >= 15 is 0 Å². The number of halogens is 1. The summed E-state index contributed by atoms with van der Waals surface area (Å²) in [4.78, 5) is 13.7. The minimum Gasteiger partial charge on any atom is -0.337 e. The molecule has 2 rings (SSSR count). The molecule has 140 valence electrons. The van der Waals surface area contributed by atoms with Crippen LogP contribution in [0.2, 0.25) is 5.02 Å². The molecule has 0 heterocycles. The lowest BCUT2D eigenvalue weighted by atomic mass is 10.1. The van der Waals surface area contributed by atoms with Crippen LogP contribution < -0.4 is 4.72 Å². The monoisotopic (exact) mass is 394 g/mol. The molecule has 0 spiro atoms. The largest absolute Gasteiger partial charge is 0.337 e. The van der Waals surface area contributed by atoms with Gasteiger partial charge < -0.3 is 4.90 Å². The van der Waals surface area contributed by atoms with Crippen LogP contribution in [0.25, 0.3) is 0 Å². The van der Waals surface area contributed by atoms with Crippen molar-refractivity contribution in [3.8, 4) is 0 Å². The summed E-state index contributed by atoms with van der Waals surface area (Å²) in [6.45, 7) is 6.09. The van der Waals surface area contributed by atoms with Crippen molar-refractivity contribution in [2.75, 3.05) is 13.1 Å². The Labute approximate surface area is 160 Å². The van der Waals surface area contributed by atoms with Crippen LogP contribution in [0.1, 0.15) is 23.6 Å². The maximum Gasteiger partial charge on any atom is 0.240 e. The number of hydrogen-bond donors (Lipinski definition) is 1. The number of amides is 1. The molecule has 0 fully saturated rings. The first kappa shape index (κ1) is 20.4. The first-order valence-corrected chi connectivity index (χ1v) is 10.1. The van der Waals surface area contributed by atoms with E-state index in [1.165, 1.54) is 19.1 Å². The highest BCUT2D eigenvalue weighted by atomic mass is 35.5. The maximum atomic E-state index is 12.4. The summed E-state index contributed by atoms with van der Waals surface area (Å²) in [6.07, 6.45) is 0. The second kappa shape index (κ2) is 8.66. The fourth-order valence-corrected chi connectivity index (χ4v) is 3.75. The van der Waals surface area contributed by atoms with Gasteiger partial charge in [0.2, 0.25) is 15.9 Å². The zero-order valence-corrected chi connectivity index (χ0v) is 16.7. The number of carbonyl (C=O) groups is 1. The molecule has 1 N–H and O–H groups in total. The van der Waals surface area contributed by atoms with Gasteiger partial charge in [-0.3, -0.25) is 4.79 Å². The van der Waals surface area contributed by atoms with Gasteiger partial charge in [0, 0.05) is 31.6 Å². The molecular formula is C19H23ClN2O3S. The van der Waals surface area contributed by atoms with E-state index in [1.54, 1.807) is 17.9 Å². The van der Waals surface area contributed by atoms with Crippen LogP contribution in [0.3, 0.4) is 0 Å². The molecule has 0 bridgehead atoms. The molecule has 0 aliphatic rings. The third-order valence-corrected chi connectivity index (χ3v) is 6.06. The van der Waals surface area contributed by atoms with Crippen molar-refractivity contribution in [3.05, 3.63) is 64.2 Å². The van der Waals surface area contributed by atoms with Gasteiger partial charge in [0.05, 0.1) is 4.90 Å². The normalized spacial score (nSPS) is 11.4. The Morgan fingerprint density at radius 2 is 1.81 bits per heavy atom. The first-order chi connectivity index (χ1) is 12.2. The lowest BCUT2D eigenvalue weighted by molar-refractivity contribution is -0.129. The van der Waals surface area contributed by atoms with Crippen molar-refractivity contribution in [2.45, 2.75) is 32.2 Å². The van der Waals surface area contributed by atoms with Crippen LogP contribution >= 0.6 is 11.6 Å². The van der Waals surface area contributed by atoms with Crippen LogP contribution in [0, 0.1) is 13.8 Å². The Kier molecular flexibility index (Phi) is 6.81. The summed E-state index contributed by atoms with van der Waals surface area (Å²) in [6, 6.07) is 12.4. The number of nitrogens with one attached hydrogen (secondary N) is 1. The van der Waals surface area contributed by atoms with E-state index in [-0.39, 0.29) is 23.9 Å².